The molecule has 0 spiro atoms. The number of pyridine rings is 1. The van der Waals surface area contributed by atoms with Gasteiger partial charge in [-0.25, -0.2) is 5.48 Å². The van der Waals surface area contributed by atoms with Gasteiger partial charge in [0, 0.05) is 23.2 Å². The summed E-state index contributed by atoms with van der Waals surface area (Å²) in [6.07, 6.45) is 0.771. The number of hydrogen-bond donors (Lipinski definition) is 3. The first-order valence-corrected chi connectivity index (χ1v) is 12.3. The Balaban J connectivity index is 1.26. The minimum absolute atomic E-state index is 0.190. The van der Waals surface area contributed by atoms with Crippen LogP contribution in [0.1, 0.15) is 28.8 Å². The molecular weight excluding hydrogens is 466 g/mol. The summed E-state index contributed by atoms with van der Waals surface area (Å²) in [5, 5.41) is 13.2. The molecule has 1 saturated carbocycles. The highest BCUT2D eigenvalue weighted by molar-refractivity contribution is 5.95. The van der Waals surface area contributed by atoms with Gasteiger partial charge in [0.05, 0.1) is 16.8 Å². The summed E-state index contributed by atoms with van der Waals surface area (Å²) in [5.74, 6) is -0.586. The van der Waals surface area contributed by atoms with Crippen LogP contribution in [0.15, 0.2) is 84.9 Å². The van der Waals surface area contributed by atoms with Gasteiger partial charge in [-0.2, -0.15) is 0 Å². The van der Waals surface area contributed by atoms with E-state index in [2.05, 4.69) is 10.3 Å². The molecule has 0 bridgehead atoms. The molecule has 1 aliphatic carbocycles. The summed E-state index contributed by atoms with van der Waals surface area (Å²) < 4.78 is 6.06. The molecule has 37 heavy (non-hydrogen) atoms. The fraction of sp³-hybridized carbons (Fsp3) is 0.233. The normalized spacial score (nSPS) is 18.3. The minimum Gasteiger partial charge on any atom is -0.489 e. The number of carbonyl (C=O) groups is 2. The largest absolute Gasteiger partial charge is 0.489 e. The molecule has 5 rings (SSSR count). The maximum absolute atomic E-state index is 13.2. The zero-order valence-electron chi connectivity index (χ0n) is 20.6. The first-order chi connectivity index (χ1) is 18.0. The van der Waals surface area contributed by atoms with Crippen LogP contribution in [0.25, 0.3) is 10.9 Å². The van der Waals surface area contributed by atoms with Crippen LogP contribution in [0.4, 0.5) is 0 Å². The van der Waals surface area contributed by atoms with Crippen molar-refractivity contribution in [2.75, 3.05) is 0 Å². The molecule has 0 aliphatic heterocycles. The van der Waals surface area contributed by atoms with E-state index in [4.69, 9.17) is 9.94 Å². The van der Waals surface area contributed by atoms with Gasteiger partial charge in [-0.1, -0.05) is 60.7 Å². The van der Waals surface area contributed by atoms with Crippen molar-refractivity contribution in [1.82, 2.24) is 15.8 Å². The van der Waals surface area contributed by atoms with Crippen molar-refractivity contribution in [3.8, 4) is 5.75 Å². The van der Waals surface area contributed by atoms with Crippen molar-refractivity contribution >= 4 is 22.7 Å². The Morgan fingerprint density at radius 1 is 1.00 bits per heavy atom. The van der Waals surface area contributed by atoms with Gasteiger partial charge in [0.25, 0.3) is 0 Å². The van der Waals surface area contributed by atoms with Crippen molar-refractivity contribution in [2.45, 2.75) is 32.9 Å². The van der Waals surface area contributed by atoms with Gasteiger partial charge >= 0.3 is 0 Å². The molecule has 3 N–H and O–H groups in total. The van der Waals surface area contributed by atoms with Crippen LogP contribution in [0.5, 0.6) is 5.75 Å². The number of fused-ring (bicyclic) bond motifs is 1. The number of aromatic nitrogens is 1. The molecule has 0 saturated heterocycles. The lowest BCUT2D eigenvalue weighted by Gasteiger charge is -2.18. The Labute approximate surface area is 215 Å². The number of rotatable bonds is 9. The van der Waals surface area contributed by atoms with E-state index in [0.717, 1.165) is 33.3 Å². The zero-order valence-corrected chi connectivity index (χ0v) is 20.6. The van der Waals surface area contributed by atoms with E-state index in [0.29, 0.717) is 31.7 Å². The molecule has 7 heteroatoms. The highest BCUT2D eigenvalue weighted by Gasteiger charge is 2.63. The predicted octanol–water partition coefficient (Wildman–Crippen LogP) is 4.49. The summed E-state index contributed by atoms with van der Waals surface area (Å²) >= 11 is 0. The van der Waals surface area contributed by atoms with Gasteiger partial charge in [0.15, 0.2) is 0 Å². The van der Waals surface area contributed by atoms with Crippen molar-refractivity contribution in [3.05, 3.63) is 107 Å². The van der Waals surface area contributed by atoms with Crippen LogP contribution in [0.2, 0.25) is 0 Å². The number of aryl methyl sites for hydroxylation is 1. The van der Waals surface area contributed by atoms with E-state index in [1.807, 2.05) is 91.9 Å². The third-order valence-corrected chi connectivity index (χ3v) is 7.02. The highest BCUT2D eigenvalue weighted by Crippen LogP contribution is 2.55. The molecule has 2 amide bonds. The number of carbonyl (C=O) groups excluding carboxylic acids is 2. The Bertz CT molecular complexity index is 1420. The first-order valence-electron chi connectivity index (χ1n) is 12.3. The SMILES string of the molecule is Cc1cc(COc2ccc(C[C@]3(C(=O)NCc4ccccc4)C[C@@H]3C(=O)NO)cc2)c2ccccc2n1. The van der Waals surface area contributed by atoms with Crippen LogP contribution in [0.3, 0.4) is 0 Å². The molecule has 1 aromatic heterocycles. The molecule has 7 nitrogen and oxygen atoms in total. The van der Waals surface area contributed by atoms with Crippen LogP contribution in [0, 0.1) is 18.3 Å². The number of ether oxygens (including phenoxy) is 1. The summed E-state index contributed by atoms with van der Waals surface area (Å²) in [4.78, 5) is 30.0. The lowest BCUT2D eigenvalue weighted by atomic mass is 9.92. The number of hydrogen-bond acceptors (Lipinski definition) is 5. The van der Waals surface area contributed by atoms with Crippen LogP contribution < -0.4 is 15.5 Å². The Morgan fingerprint density at radius 3 is 2.49 bits per heavy atom. The third kappa shape index (κ3) is 5.32. The van der Waals surface area contributed by atoms with Crippen molar-refractivity contribution in [2.24, 2.45) is 11.3 Å². The molecule has 4 aromatic rings. The van der Waals surface area contributed by atoms with Gasteiger partial charge in [0.2, 0.25) is 11.8 Å². The molecule has 2 atom stereocenters. The van der Waals surface area contributed by atoms with E-state index in [1.165, 1.54) is 0 Å². The molecule has 1 heterocycles. The zero-order chi connectivity index (χ0) is 25.8. The monoisotopic (exact) mass is 495 g/mol. The second-order valence-electron chi connectivity index (χ2n) is 9.61. The third-order valence-electron chi connectivity index (χ3n) is 7.02. The average Bonchev–Trinajstić information content (AvgIpc) is 3.66. The number of nitrogens with one attached hydrogen (secondary N) is 2. The highest BCUT2D eigenvalue weighted by atomic mass is 16.5. The summed E-state index contributed by atoms with van der Waals surface area (Å²) in [6, 6.07) is 27.3. The van der Waals surface area contributed by atoms with Gasteiger partial charge in [-0.05, 0) is 55.2 Å². The number of para-hydroxylation sites is 1. The van der Waals surface area contributed by atoms with Gasteiger partial charge in [0.1, 0.15) is 12.4 Å². The smallest absolute Gasteiger partial charge is 0.247 e. The van der Waals surface area contributed by atoms with Crippen LogP contribution in [-0.2, 0) is 29.2 Å². The summed E-state index contributed by atoms with van der Waals surface area (Å²) in [5.41, 5.74) is 5.67. The maximum atomic E-state index is 13.2. The van der Waals surface area contributed by atoms with E-state index in [9.17, 15) is 9.59 Å². The quantitative estimate of drug-likeness (QED) is 0.235. The number of hydroxylamine groups is 1. The Hall–Kier alpha value is -4.23. The second-order valence-corrected chi connectivity index (χ2v) is 9.61. The number of nitrogens with zero attached hydrogens (tertiary/aromatic N) is 1. The van der Waals surface area contributed by atoms with E-state index < -0.39 is 17.2 Å². The topological polar surface area (TPSA) is 101 Å². The lowest BCUT2D eigenvalue weighted by molar-refractivity contribution is -0.135. The van der Waals surface area contributed by atoms with E-state index >= 15 is 0 Å². The van der Waals surface area contributed by atoms with Gasteiger partial charge < -0.3 is 10.1 Å². The molecule has 0 unspecified atom stereocenters. The fourth-order valence-corrected chi connectivity index (χ4v) is 4.95. The number of benzene rings is 3. The van der Waals surface area contributed by atoms with E-state index in [-0.39, 0.29) is 5.91 Å². The minimum atomic E-state index is -0.891. The van der Waals surface area contributed by atoms with E-state index in [1.54, 1.807) is 5.48 Å². The first kappa shape index (κ1) is 24.5. The van der Waals surface area contributed by atoms with Gasteiger partial charge in [-0.15, -0.1) is 0 Å². The van der Waals surface area contributed by atoms with Crippen molar-refractivity contribution in [3.63, 3.8) is 0 Å². The summed E-state index contributed by atoms with van der Waals surface area (Å²) in [6.45, 7) is 2.76. The molecular formula is C30H29N3O4. The van der Waals surface area contributed by atoms with Crippen molar-refractivity contribution < 1.29 is 19.5 Å². The summed E-state index contributed by atoms with van der Waals surface area (Å²) in [7, 11) is 0. The average molecular weight is 496 g/mol. The van der Waals surface area contributed by atoms with Crippen molar-refractivity contribution in [1.29, 1.82) is 0 Å². The lowest BCUT2D eigenvalue weighted by Crippen LogP contribution is -2.37. The maximum Gasteiger partial charge on any atom is 0.247 e. The molecule has 188 valence electrons. The fourth-order valence-electron chi connectivity index (χ4n) is 4.95. The van der Waals surface area contributed by atoms with Crippen LogP contribution >= 0.6 is 0 Å². The molecule has 0 radical (unpaired) electrons. The molecule has 1 aliphatic rings. The van der Waals surface area contributed by atoms with Gasteiger partial charge in [-0.3, -0.25) is 19.8 Å². The Morgan fingerprint density at radius 2 is 1.73 bits per heavy atom. The molecule has 1 fully saturated rings. The van der Waals surface area contributed by atoms with Crippen LogP contribution in [-0.4, -0.2) is 22.0 Å². The standard InChI is InChI=1S/C30H29N3O4/c1-20-15-23(25-9-5-6-10-27(25)32-20)19-37-24-13-11-21(12-14-24)16-30(17-26(30)28(34)33-36)29(35)31-18-22-7-3-2-4-8-22/h2-15,26,36H,16-19H2,1H3,(H,31,35)(H,33,34)/t26-,30+/m1/s1. The number of amides is 2. The Kier molecular flexibility index (Phi) is 6.88. The predicted molar refractivity (Wildman–Crippen MR) is 140 cm³/mol. The molecule has 3 aromatic carbocycles. The second kappa shape index (κ2) is 10.4.